The Morgan fingerprint density at radius 2 is 0.566 bits per heavy atom. The smallest absolute Gasteiger partial charge is 0.305 e. The Kier molecular flexibility index (Phi) is 71.4. The molecule has 0 spiro atoms. The zero-order chi connectivity index (χ0) is 59.9. The summed E-state index contributed by atoms with van der Waals surface area (Å²) in [5.74, 6) is -0.0255. The van der Waals surface area contributed by atoms with E-state index in [1.54, 1.807) is 0 Å². The number of esters is 1. The van der Waals surface area contributed by atoms with Crippen molar-refractivity contribution in [1.82, 2.24) is 5.32 Å². The first-order chi connectivity index (χ1) is 41.0. The van der Waals surface area contributed by atoms with Gasteiger partial charge in [0.1, 0.15) is 0 Å². The van der Waals surface area contributed by atoms with Crippen LogP contribution in [0, 0.1) is 0 Å². The molecule has 6 heteroatoms. The zero-order valence-corrected chi connectivity index (χ0v) is 56.5. The number of hydrogen-bond donors (Lipinski definition) is 3. The number of hydrogen-bond acceptors (Lipinski definition) is 5. The summed E-state index contributed by atoms with van der Waals surface area (Å²) in [6.45, 7) is 4.99. The highest BCUT2D eigenvalue weighted by molar-refractivity contribution is 5.76. The number of unbranched alkanes of at least 4 members (excludes halogenated alkanes) is 57. The average Bonchev–Trinajstić information content (AvgIpc) is 3.49. The number of carbonyl (C=O) groups is 2. The molecule has 83 heavy (non-hydrogen) atoms. The van der Waals surface area contributed by atoms with Crippen LogP contribution >= 0.6 is 0 Å². The third kappa shape index (κ3) is 69.3. The van der Waals surface area contributed by atoms with E-state index in [0.29, 0.717) is 25.9 Å². The number of aliphatic hydroxyl groups excluding tert-OH is 2. The van der Waals surface area contributed by atoms with Crippen molar-refractivity contribution in [2.24, 2.45) is 0 Å². The molecule has 0 aliphatic heterocycles. The first-order valence-electron chi connectivity index (χ1n) is 38.1. The van der Waals surface area contributed by atoms with Crippen molar-refractivity contribution in [3.8, 4) is 0 Å². The van der Waals surface area contributed by atoms with Crippen LogP contribution < -0.4 is 5.32 Å². The van der Waals surface area contributed by atoms with E-state index in [9.17, 15) is 19.8 Å². The molecule has 0 radical (unpaired) electrons. The maximum atomic E-state index is 12.6. The first-order valence-corrected chi connectivity index (χ1v) is 38.1. The monoisotopic (exact) mass is 1170 g/mol. The number of rotatable bonds is 72. The summed E-state index contributed by atoms with van der Waals surface area (Å²) < 4.78 is 5.50. The molecule has 0 aliphatic rings. The minimum absolute atomic E-state index is 0.00724. The molecule has 0 fully saturated rings. The maximum Gasteiger partial charge on any atom is 0.305 e. The van der Waals surface area contributed by atoms with Gasteiger partial charge in [-0.3, -0.25) is 9.59 Å². The zero-order valence-electron chi connectivity index (χ0n) is 56.5. The second-order valence-corrected chi connectivity index (χ2v) is 26.3. The second-order valence-electron chi connectivity index (χ2n) is 26.3. The molecule has 0 aromatic carbocycles. The summed E-state index contributed by atoms with van der Waals surface area (Å²) in [6.07, 6.45) is 92.5. The van der Waals surface area contributed by atoms with E-state index in [1.165, 1.54) is 353 Å². The molecule has 2 unspecified atom stereocenters. The Morgan fingerprint density at radius 3 is 0.855 bits per heavy atom. The predicted molar refractivity (Wildman–Crippen MR) is 366 cm³/mol. The van der Waals surface area contributed by atoms with Gasteiger partial charge in [-0.15, -0.1) is 0 Å². The van der Waals surface area contributed by atoms with Gasteiger partial charge in [0, 0.05) is 12.8 Å². The number of carbonyl (C=O) groups excluding carboxylic acids is 2. The quantitative estimate of drug-likeness (QED) is 0.0320. The molecule has 0 aromatic rings. The van der Waals surface area contributed by atoms with Crippen LogP contribution in [-0.2, 0) is 14.3 Å². The molecule has 0 heterocycles. The van der Waals surface area contributed by atoms with Crippen molar-refractivity contribution in [2.45, 2.75) is 443 Å². The Hall–Kier alpha value is -1.66. The van der Waals surface area contributed by atoms with E-state index in [1.807, 2.05) is 0 Å². The summed E-state index contributed by atoms with van der Waals surface area (Å²) in [6, 6.07) is -0.545. The van der Waals surface area contributed by atoms with Gasteiger partial charge >= 0.3 is 5.97 Å². The van der Waals surface area contributed by atoms with Crippen molar-refractivity contribution < 1.29 is 24.5 Å². The van der Waals surface area contributed by atoms with Gasteiger partial charge in [0.05, 0.1) is 25.4 Å². The number of ether oxygens (including phenoxy) is 1. The average molecular weight is 1170 g/mol. The fourth-order valence-corrected chi connectivity index (χ4v) is 12.2. The highest BCUT2D eigenvalue weighted by Gasteiger charge is 2.20. The van der Waals surface area contributed by atoms with Gasteiger partial charge in [0.15, 0.2) is 0 Å². The van der Waals surface area contributed by atoms with Crippen LogP contribution in [-0.4, -0.2) is 47.4 Å². The van der Waals surface area contributed by atoms with Gasteiger partial charge in [0.25, 0.3) is 0 Å². The van der Waals surface area contributed by atoms with Gasteiger partial charge in [-0.25, -0.2) is 0 Å². The molecule has 0 rings (SSSR count). The Balaban J connectivity index is 3.39. The largest absolute Gasteiger partial charge is 0.466 e. The van der Waals surface area contributed by atoms with Gasteiger partial charge in [-0.05, 0) is 77.0 Å². The van der Waals surface area contributed by atoms with Crippen molar-refractivity contribution >= 4 is 11.9 Å². The number of allylic oxidation sites excluding steroid dienone is 4. The lowest BCUT2D eigenvalue weighted by atomic mass is 10.0. The van der Waals surface area contributed by atoms with Crippen LogP contribution in [0.15, 0.2) is 24.3 Å². The SMILES string of the molecule is CCCCCCCCC/C=C\CCCCCCCC(=O)OCCCCCCCCCCCCCC/C=C\CCCCCCCCCCCC(=O)NC(CO)C(O)CCCCCCCCCCCCCCCCCCCCCCCCCCC. The van der Waals surface area contributed by atoms with E-state index in [4.69, 9.17) is 4.74 Å². The molecule has 0 bridgehead atoms. The molecule has 0 saturated heterocycles. The van der Waals surface area contributed by atoms with E-state index in [0.717, 1.165) is 44.9 Å². The lowest BCUT2D eigenvalue weighted by molar-refractivity contribution is -0.143. The van der Waals surface area contributed by atoms with Crippen molar-refractivity contribution in [2.75, 3.05) is 13.2 Å². The highest BCUT2D eigenvalue weighted by Crippen LogP contribution is 2.19. The molecule has 492 valence electrons. The molecule has 0 saturated carbocycles. The molecule has 1 amide bonds. The standard InChI is InChI=1S/C77H149NO5/c1-3-5-7-9-11-13-15-17-19-21-22-23-24-26-29-32-35-38-41-45-49-53-57-61-65-69-75(80)74(73-79)78-76(81)70-66-62-58-54-50-46-42-39-36-33-30-27-25-28-31-34-37-40-44-48-52-56-60-64-68-72-83-77(82)71-67-63-59-55-51-47-43-20-18-16-14-12-10-8-6-4-2/h20,27,30,43,74-75,79-80H,3-19,21-26,28-29,31-42,44-73H2,1-2H3,(H,78,81)/b30-27-,43-20-. The summed E-state index contributed by atoms with van der Waals surface area (Å²) in [5.41, 5.74) is 0. The van der Waals surface area contributed by atoms with E-state index < -0.39 is 12.1 Å². The minimum Gasteiger partial charge on any atom is -0.466 e. The fourth-order valence-electron chi connectivity index (χ4n) is 12.2. The van der Waals surface area contributed by atoms with Crippen LogP contribution in [0.2, 0.25) is 0 Å². The summed E-state index contributed by atoms with van der Waals surface area (Å²) in [7, 11) is 0. The number of aliphatic hydroxyl groups is 2. The first kappa shape index (κ1) is 81.3. The fraction of sp³-hybridized carbons (Fsp3) is 0.922. The summed E-state index contributed by atoms with van der Waals surface area (Å²) >= 11 is 0. The van der Waals surface area contributed by atoms with Gasteiger partial charge in [0.2, 0.25) is 5.91 Å². The second kappa shape index (κ2) is 72.8. The van der Waals surface area contributed by atoms with Crippen LogP contribution in [0.3, 0.4) is 0 Å². The Morgan fingerprint density at radius 1 is 0.325 bits per heavy atom. The molecular weight excluding hydrogens is 1020 g/mol. The van der Waals surface area contributed by atoms with Gasteiger partial charge in [-0.2, -0.15) is 0 Å². The van der Waals surface area contributed by atoms with Gasteiger partial charge in [-0.1, -0.05) is 366 Å². The lowest BCUT2D eigenvalue weighted by Gasteiger charge is -2.22. The van der Waals surface area contributed by atoms with Crippen LogP contribution in [0.5, 0.6) is 0 Å². The topological polar surface area (TPSA) is 95.9 Å². The molecule has 6 nitrogen and oxygen atoms in total. The normalized spacial score (nSPS) is 12.6. The van der Waals surface area contributed by atoms with E-state index in [2.05, 4.69) is 43.5 Å². The van der Waals surface area contributed by atoms with Crippen LogP contribution in [0.25, 0.3) is 0 Å². The molecule has 2 atom stereocenters. The Labute approximate surface area is 520 Å². The maximum absolute atomic E-state index is 12.6. The van der Waals surface area contributed by atoms with Gasteiger partial charge < -0.3 is 20.3 Å². The Bertz CT molecular complexity index is 1300. The molecule has 0 aliphatic carbocycles. The third-order valence-electron chi connectivity index (χ3n) is 18.0. The number of nitrogens with one attached hydrogen (secondary N) is 1. The summed E-state index contributed by atoms with van der Waals surface area (Å²) in [5, 5.41) is 23.5. The molecule has 0 aromatic heterocycles. The van der Waals surface area contributed by atoms with Crippen molar-refractivity contribution in [3.05, 3.63) is 24.3 Å². The van der Waals surface area contributed by atoms with E-state index >= 15 is 0 Å². The van der Waals surface area contributed by atoms with Crippen molar-refractivity contribution in [1.29, 1.82) is 0 Å². The minimum atomic E-state index is -0.668. The third-order valence-corrected chi connectivity index (χ3v) is 18.0. The van der Waals surface area contributed by atoms with Crippen LogP contribution in [0.4, 0.5) is 0 Å². The molecule has 3 N–H and O–H groups in total. The van der Waals surface area contributed by atoms with Crippen molar-refractivity contribution in [3.63, 3.8) is 0 Å². The number of amides is 1. The van der Waals surface area contributed by atoms with Crippen LogP contribution in [0.1, 0.15) is 431 Å². The van der Waals surface area contributed by atoms with E-state index in [-0.39, 0.29) is 18.5 Å². The highest BCUT2D eigenvalue weighted by atomic mass is 16.5. The summed E-state index contributed by atoms with van der Waals surface area (Å²) in [4.78, 5) is 24.7. The predicted octanol–water partition coefficient (Wildman–Crippen LogP) is 24.9. The lowest BCUT2D eigenvalue weighted by Crippen LogP contribution is -2.45. The molecular formula is C77H149NO5.